The molecule has 8 aromatic carbocycles. The fourth-order valence-electron chi connectivity index (χ4n) is 9.37. The lowest BCUT2D eigenvalue weighted by molar-refractivity contribution is 0.822. The van der Waals surface area contributed by atoms with Crippen LogP contribution < -0.4 is 4.90 Å². The zero-order chi connectivity index (χ0) is 36.7. The third-order valence-electron chi connectivity index (χ3n) is 11.8. The van der Waals surface area contributed by atoms with Crippen molar-refractivity contribution < 1.29 is 0 Å². The summed E-state index contributed by atoms with van der Waals surface area (Å²) in [7, 11) is 0. The molecule has 2 aromatic heterocycles. The van der Waals surface area contributed by atoms with E-state index < -0.39 is 0 Å². The van der Waals surface area contributed by atoms with Crippen LogP contribution in [0.15, 0.2) is 210 Å². The van der Waals surface area contributed by atoms with Crippen molar-refractivity contribution in [1.29, 1.82) is 0 Å². The fraction of sp³-hybridized carbons (Fsp3) is 0.0385. The van der Waals surface area contributed by atoms with Crippen molar-refractivity contribution in [1.82, 2.24) is 9.13 Å². The first kappa shape index (κ1) is 31.6. The molecule has 3 nitrogen and oxygen atoms in total. The van der Waals surface area contributed by atoms with Crippen LogP contribution in [0.1, 0.15) is 17.9 Å². The summed E-state index contributed by atoms with van der Waals surface area (Å²) >= 11 is 1.94. The van der Waals surface area contributed by atoms with Crippen molar-refractivity contribution in [3.63, 3.8) is 0 Å². The van der Waals surface area contributed by atoms with Gasteiger partial charge < -0.3 is 14.0 Å². The topological polar surface area (TPSA) is 13.1 Å². The highest BCUT2D eigenvalue weighted by atomic mass is 32.2. The second kappa shape index (κ2) is 12.4. The molecule has 264 valence electrons. The molecule has 3 heterocycles. The van der Waals surface area contributed by atoms with Gasteiger partial charge in [0.25, 0.3) is 0 Å². The lowest BCUT2D eigenvalue weighted by Gasteiger charge is -2.31. The quantitative estimate of drug-likeness (QED) is 0.175. The van der Waals surface area contributed by atoms with Gasteiger partial charge >= 0.3 is 0 Å². The van der Waals surface area contributed by atoms with E-state index in [4.69, 9.17) is 0 Å². The minimum Gasteiger partial charge on any atom is -0.310 e. The second-order valence-corrected chi connectivity index (χ2v) is 15.9. The number of benzene rings is 8. The summed E-state index contributed by atoms with van der Waals surface area (Å²) in [5, 5.41) is 7.54. The maximum Gasteiger partial charge on any atom is 0.0619 e. The lowest BCUT2D eigenvalue weighted by atomic mass is 9.91. The van der Waals surface area contributed by atoms with E-state index in [-0.39, 0.29) is 0 Å². The molecule has 0 amide bonds. The number of nitrogens with zero attached hydrogens (tertiary/aromatic N) is 3. The van der Waals surface area contributed by atoms with Crippen LogP contribution in [0.2, 0.25) is 0 Å². The number of aromatic nitrogens is 2. The number of fused-ring (bicyclic) bond motifs is 11. The van der Waals surface area contributed by atoms with Crippen molar-refractivity contribution >= 4 is 77.5 Å². The molecule has 0 radical (unpaired) electrons. The second-order valence-electron chi connectivity index (χ2n) is 14.9. The Morgan fingerprint density at radius 2 is 1.12 bits per heavy atom. The van der Waals surface area contributed by atoms with E-state index in [1.807, 2.05) is 11.8 Å². The molecule has 0 fully saturated rings. The molecule has 2 aliphatic rings. The van der Waals surface area contributed by atoms with Gasteiger partial charge in [0.15, 0.2) is 0 Å². The Morgan fingerprint density at radius 1 is 0.482 bits per heavy atom. The van der Waals surface area contributed by atoms with E-state index in [0.717, 1.165) is 23.5 Å². The van der Waals surface area contributed by atoms with Crippen LogP contribution in [0.25, 0.3) is 65.8 Å². The van der Waals surface area contributed by atoms with Crippen LogP contribution in [-0.2, 0) is 0 Å². The fourth-order valence-corrected chi connectivity index (χ4v) is 10.7. The third-order valence-corrected chi connectivity index (χ3v) is 13.1. The van der Waals surface area contributed by atoms with Gasteiger partial charge in [0.05, 0.1) is 27.8 Å². The molecule has 0 saturated carbocycles. The molecule has 0 saturated heterocycles. The van der Waals surface area contributed by atoms with Gasteiger partial charge in [-0.05, 0) is 96.2 Å². The third kappa shape index (κ3) is 4.66. The molecule has 12 rings (SSSR count). The Bertz CT molecular complexity index is 3260. The minimum atomic E-state index is 0.354. The van der Waals surface area contributed by atoms with Crippen molar-refractivity contribution in [2.45, 2.75) is 17.2 Å². The van der Waals surface area contributed by atoms with Crippen LogP contribution in [0.5, 0.6) is 0 Å². The molecule has 1 atom stereocenters. The number of thioether (sulfide) groups is 1. The highest BCUT2D eigenvalue weighted by molar-refractivity contribution is 8.03. The zero-order valence-corrected chi connectivity index (χ0v) is 31.3. The summed E-state index contributed by atoms with van der Waals surface area (Å²) in [5.41, 5.74) is 12.1. The maximum absolute atomic E-state index is 2.50. The summed E-state index contributed by atoms with van der Waals surface area (Å²) in [6.07, 6.45) is 5.74. The van der Waals surface area contributed by atoms with Crippen LogP contribution in [0.3, 0.4) is 0 Å². The smallest absolute Gasteiger partial charge is 0.0619 e. The Kier molecular flexibility index (Phi) is 6.99. The number of hydrogen-bond acceptors (Lipinski definition) is 2. The van der Waals surface area contributed by atoms with E-state index in [1.165, 1.54) is 81.1 Å². The van der Waals surface area contributed by atoms with Gasteiger partial charge in [-0.1, -0.05) is 127 Å². The van der Waals surface area contributed by atoms with E-state index in [1.54, 1.807) is 0 Å². The largest absolute Gasteiger partial charge is 0.310 e. The van der Waals surface area contributed by atoms with Crippen molar-refractivity contribution in [3.8, 4) is 11.4 Å². The highest BCUT2D eigenvalue weighted by Crippen LogP contribution is 2.55. The molecule has 1 aliphatic carbocycles. The van der Waals surface area contributed by atoms with Crippen molar-refractivity contribution in [2.75, 3.05) is 4.90 Å². The minimum absolute atomic E-state index is 0.354. The number of hydrogen-bond donors (Lipinski definition) is 0. The highest BCUT2D eigenvalue weighted by Gasteiger charge is 2.34. The van der Waals surface area contributed by atoms with Crippen LogP contribution in [0, 0.1) is 0 Å². The first-order chi connectivity index (χ1) is 27.8. The summed E-state index contributed by atoms with van der Waals surface area (Å²) in [4.78, 5) is 5.28. The number of allylic oxidation sites excluding steroid dienone is 3. The Hall–Kier alpha value is -6.75. The van der Waals surface area contributed by atoms with E-state index >= 15 is 0 Å². The number of para-hydroxylation sites is 3. The zero-order valence-electron chi connectivity index (χ0n) is 30.5. The summed E-state index contributed by atoms with van der Waals surface area (Å²) < 4.78 is 4.85. The maximum atomic E-state index is 2.50. The number of rotatable bonds is 5. The predicted octanol–water partition coefficient (Wildman–Crippen LogP) is 14.2. The average molecular weight is 734 g/mol. The Labute approximate surface area is 329 Å². The predicted molar refractivity (Wildman–Crippen MR) is 237 cm³/mol. The normalized spacial score (nSPS) is 15.0. The first-order valence-corrected chi connectivity index (χ1v) is 20.2. The molecular weight excluding hydrogens is 699 g/mol. The molecule has 0 spiro atoms. The molecular formula is C52H35N3S. The first-order valence-electron chi connectivity index (χ1n) is 19.4. The van der Waals surface area contributed by atoms with Crippen LogP contribution >= 0.6 is 11.8 Å². The van der Waals surface area contributed by atoms with Crippen molar-refractivity contribution in [3.05, 3.63) is 210 Å². The van der Waals surface area contributed by atoms with E-state index in [9.17, 15) is 0 Å². The SMILES string of the molecule is C1=CC(N(c2ccc(-n3c4ccccc4c4ccc5ccccc5c43)cc2)c2ccc3c(c2)c2ccccc2n3-c2ccccc2)=C2Sc3ccccc3C2C1. The van der Waals surface area contributed by atoms with Gasteiger partial charge in [-0.15, -0.1) is 0 Å². The van der Waals surface area contributed by atoms with Crippen LogP contribution in [-0.4, -0.2) is 9.13 Å². The molecule has 10 aromatic rings. The van der Waals surface area contributed by atoms with E-state index in [0.29, 0.717) is 5.92 Å². The van der Waals surface area contributed by atoms with Gasteiger partial charge in [-0.3, -0.25) is 0 Å². The van der Waals surface area contributed by atoms with Gasteiger partial charge in [0.2, 0.25) is 0 Å². The summed E-state index contributed by atoms with van der Waals surface area (Å²) in [6.45, 7) is 0. The van der Waals surface area contributed by atoms with Gasteiger partial charge in [-0.25, -0.2) is 0 Å². The molecule has 0 N–H and O–H groups in total. The summed E-state index contributed by atoms with van der Waals surface area (Å²) in [6, 6.07) is 66.8. The monoisotopic (exact) mass is 733 g/mol. The molecule has 1 aliphatic heterocycles. The standard InChI is InChI=1S/C52H35N3S/c1-2-14-35(15-3-1)54-46-21-9-7-18-41(46)45-33-38(30-32-48(45)54)53(49-23-12-20-44-42-19-8-11-24-50(42)56-52(44)49)36-26-28-37(29-27-36)55-47-22-10-6-17-40(47)43-31-25-34-13-4-5-16-39(34)51(43)55/h1-19,21-33,44H,20H2. The summed E-state index contributed by atoms with van der Waals surface area (Å²) in [5.74, 6) is 0.354. The Morgan fingerprint density at radius 3 is 1.96 bits per heavy atom. The molecule has 1 unspecified atom stereocenters. The van der Waals surface area contributed by atoms with Gasteiger partial charge in [0, 0.05) is 65.4 Å². The molecule has 4 heteroatoms. The van der Waals surface area contributed by atoms with E-state index in [2.05, 4.69) is 208 Å². The number of anilines is 2. The Balaban J connectivity index is 1.07. The average Bonchev–Trinajstić information content (AvgIpc) is 3.93. The molecule has 0 bridgehead atoms. The van der Waals surface area contributed by atoms with Crippen molar-refractivity contribution in [2.24, 2.45) is 0 Å². The van der Waals surface area contributed by atoms with Gasteiger partial charge in [-0.2, -0.15) is 0 Å². The lowest BCUT2D eigenvalue weighted by Crippen LogP contribution is -2.19. The molecule has 56 heavy (non-hydrogen) atoms. The van der Waals surface area contributed by atoms with Crippen LogP contribution in [0.4, 0.5) is 11.4 Å². The van der Waals surface area contributed by atoms with Gasteiger partial charge in [0.1, 0.15) is 0 Å².